The zero-order valence-electron chi connectivity index (χ0n) is 10.8. The Hall–Kier alpha value is -1.59. The fourth-order valence-corrected chi connectivity index (χ4v) is 2.64. The first kappa shape index (κ1) is 12.4. The number of nitrogens with two attached hydrogens (primary N) is 1. The molecule has 0 saturated heterocycles. The number of benzene rings is 1. The van der Waals surface area contributed by atoms with E-state index in [-0.39, 0.29) is 0 Å². The number of nitrogens with zero attached hydrogens (tertiary/aromatic N) is 2. The van der Waals surface area contributed by atoms with Crippen LogP contribution in [0.15, 0.2) is 40.3 Å². The molecule has 0 unspecified atom stereocenters. The molecule has 19 heavy (non-hydrogen) atoms. The van der Waals surface area contributed by atoms with Crippen molar-refractivity contribution in [2.75, 3.05) is 5.43 Å². The highest BCUT2D eigenvalue weighted by Crippen LogP contribution is 2.39. The first-order valence-electron chi connectivity index (χ1n) is 6.35. The van der Waals surface area contributed by atoms with Crippen LogP contribution in [-0.4, -0.2) is 9.97 Å². The normalized spacial score (nSPS) is 14.4. The van der Waals surface area contributed by atoms with Gasteiger partial charge in [-0.15, -0.1) is 0 Å². The molecule has 0 atom stereocenters. The quantitative estimate of drug-likeness (QED) is 0.508. The second kappa shape index (κ2) is 5.19. The Labute approximate surface area is 116 Å². The maximum atomic E-state index is 5.47. The molecule has 0 amide bonds. The Balaban J connectivity index is 1.86. The molecular weight excluding hydrogens is 256 g/mol. The topological polar surface area (TPSA) is 63.8 Å². The maximum absolute atomic E-state index is 5.47. The number of aryl methyl sites for hydroxylation is 1. The summed E-state index contributed by atoms with van der Waals surface area (Å²) in [6.45, 7) is 2.08. The molecule has 1 heterocycles. The Kier molecular flexibility index (Phi) is 3.40. The molecule has 1 aliphatic rings. The van der Waals surface area contributed by atoms with E-state index >= 15 is 0 Å². The molecule has 98 valence electrons. The zero-order valence-corrected chi connectivity index (χ0v) is 11.6. The summed E-state index contributed by atoms with van der Waals surface area (Å²) in [4.78, 5) is 10.2. The molecule has 3 rings (SSSR count). The van der Waals surface area contributed by atoms with Crippen LogP contribution in [0.1, 0.15) is 30.1 Å². The van der Waals surface area contributed by atoms with Gasteiger partial charge in [0.25, 0.3) is 0 Å². The second-order valence-corrected chi connectivity index (χ2v) is 5.88. The van der Waals surface area contributed by atoms with Gasteiger partial charge in [0.15, 0.2) is 0 Å². The number of hydrogen-bond acceptors (Lipinski definition) is 5. The van der Waals surface area contributed by atoms with E-state index in [9.17, 15) is 0 Å². The summed E-state index contributed by atoms with van der Waals surface area (Å²) < 4.78 is 0. The lowest BCUT2D eigenvalue weighted by Crippen LogP contribution is -2.10. The van der Waals surface area contributed by atoms with Crippen molar-refractivity contribution >= 4 is 17.6 Å². The lowest BCUT2D eigenvalue weighted by atomic mass is 10.2. The molecule has 5 heteroatoms. The van der Waals surface area contributed by atoms with Gasteiger partial charge >= 0.3 is 0 Å². The summed E-state index contributed by atoms with van der Waals surface area (Å²) in [6, 6.07) is 10.3. The van der Waals surface area contributed by atoms with Crippen LogP contribution >= 0.6 is 11.8 Å². The second-order valence-electron chi connectivity index (χ2n) is 4.78. The molecule has 4 nitrogen and oxygen atoms in total. The van der Waals surface area contributed by atoms with E-state index in [4.69, 9.17) is 5.84 Å². The predicted octanol–water partition coefficient (Wildman–Crippen LogP) is 3.10. The van der Waals surface area contributed by atoms with E-state index < -0.39 is 0 Å². The zero-order chi connectivity index (χ0) is 13.2. The molecule has 3 N–H and O–H groups in total. The van der Waals surface area contributed by atoms with Crippen LogP contribution in [0.5, 0.6) is 0 Å². The van der Waals surface area contributed by atoms with Crippen LogP contribution in [0, 0.1) is 6.92 Å². The largest absolute Gasteiger partial charge is 0.308 e. The first-order valence-corrected chi connectivity index (χ1v) is 7.16. The predicted molar refractivity (Wildman–Crippen MR) is 77.1 cm³/mol. The van der Waals surface area contributed by atoms with Gasteiger partial charge < -0.3 is 5.43 Å². The minimum Gasteiger partial charge on any atom is -0.308 e. The third-order valence-corrected chi connectivity index (χ3v) is 3.98. The number of hydrazine groups is 1. The Morgan fingerprint density at radius 1 is 1.21 bits per heavy atom. The van der Waals surface area contributed by atoms with E-state index in [0.29, 0.717) is 11.7 Å². The van der Waals surface area contributed by atoms with E-state index in [1.165, 1.54) is 23.3 Å². The fraction of sp³-hybridized carbons (Fsp3) is 0.286. The van der Waals surface area contributed by atoms with E-state index in [1.54, 1.807) is 11.8 Å². The van der Waals surface area contributed by atoms with Crippen LogP contribution < -0.4 is 11.3 Å². The Morgan fingerprint density at radius 2 is 1.95 bits per heavy atom. The average molecular weight is 272 g/mol. The van der Waals surface area contributed by atoms with E-state index in [1.807, 2.05) is 6.07 Å². The molecule has 1 aromatic carbocycles. The van der Waals surface area contributed by atoms with Gasteiger partial charge in [-0.2, -0.15) is 0 Å². The molecule has 2 aromatic rings. The number of nitrogens with one attached hydrogen (secondary N) is 1. The molecule has 1 aromatic heterocycles. The van der Waals surface area contributed by atoms with E-state index in [2.05, 4.69) is 46.6 Å². The summed E-state index contributed by atoms with van der Waals surface area (Å²) in [6.07, 6.45) is 2.37. The lowest BCUT2D eigenvalue weighted by Gasteiger charge is -2.07. The van der Waals surface area contributed by atoms with Crippen molar-refractivity contribution in [3.05, 3.63) is 41.7 Å². The lowest BCUT2D eigenvalue weighted by molar-refractivity contribution is 0.878. The highest BCUT2D eigenvalue weighted by Gasteiger charge is 2.27. The minimum atomic E-state index is 0.519. The van der Waals surface area contributed by atoms with Gasteiger partial charge in [-0.3, -0.25) is 0 Å². The molecule has 1 fully saturated rings. The van der Waals surface area contributed by atoms with Crippen molar-refractivity contribution in [2.45, 2.75) is 35.6 Å². The number of hydrogen-bond donors (Lipinski definition) is 2. The highest BCUT2D eigenvalue weighted by molar-refractivity contribution is 7.99. The van der Waals surface area contributed by atoms with Gasteiger partial charge in [0.05, 0.1) is 0 Å². The molecule has 0 radical (unpaired) electrons. The van der Waals surface area contributed by atoms with Crippen molar-refractivity contribution < 1.29 is 0 Å². The van der Waals surface area contributed by atoms with Crippen molar-refractivity contribution in [1.82, 2.24) is 9.97 Å². The van der Waals surface area contributed by atoms with Crippen LogP contribution in [0.2, 0.25) is 0 Å². The van der Waals surface area contributed by atoms with Crippen LogP contribution in [0.4, 0.5) is 5.82 Å². The van der Waals surface area contributed by atoms with Gasteiger partial charge in [0, 0.05) is 16.9 Å². The molecule has 0 bridgehead atoms. The van der Waals surface area contributed by atoms with E-state index in [0.717, 1.165) is 10.9 Å². The first-order chi connectivity index (χ1) is 9.24. The maximum Gasteiger partial charge on any atom is 0.144 e. The third-order valence-electron chi connectivity index (χ3n) is 3.05. The highest BCUT2D eigenvalue weighted by atomic mass is 32.2. The van der Waals surface area contributed by atoms with Crippen LogP contribution in [-0.2, 0) is 0 Å². The third kappa shape index (κ3) is 3.05. The van der Waals surface area contributed by atoms with Gasteiger partial charge in [-0.1, -0.05) is 29.5 Å². The summed E-state index contributed by atoms with van der Waals surface area (Å²) in [5, 5.41) is 0.939. The number of nitrogen functional groups attached to an aromatic ring is 1. The summed E-state index contributed by atoms with van der Waals surface area (Å²) in [5.41, 5.74) is 3.88. The minimum absolute atomic E-state index is 0.519. The average Bonchev–Trinajstić information content (AvgIpc) is 3.25. The van der Waals surface area contributed by atoms with Crippen LogP contribution in [0.3, 0.4) is 0 Å². The Morgan fingerprint density at radius 3 is 2.58 bits per heavy atom. The number of aromatic nitrogens is 2. The van der Waals surface area contributed by atoms with Crippen LogP contribution in [0.25, 0.3) is 0 Å². The summed E-state index contributed by atoms with van der Waals surface area (Å²) >= 11 is 1.64. The molecular formula is C14H16N4S. The number of anilines is 1. The molecule has 1 saturated carbocycles. The van der Waals surface area contributed by atoms with Crippen molar-refractivity contribution in [1.29, 1.82) is 0 Å². The van der Waals surface area contributed by atoms with Crippen molar-refractivity contribution in [3.8, 4) is 0 Å². The van der Waals surface area contributed by atoms with Crippen molar-refractivity contribution in [2.24, 2.45) is 5.84 Å². The molecule has 1 aliphatic carbocycles. The standard InChI is InChI=1S/C14H16N4S/c1-9-2-6-11(7-3-9)19-13-8-12(18-15)16-14(17-13)10-4-5-10/h2-3,6-8,10H,4-5,15H2,1H3,(H,16,17,18). The van der Waals surface area contributed by atoms with Gasteiger partial charge in [0.2, 0.25) is 0 Å². The van der Waals surface area contributed by atoms with Gasteiger partial charge in [-0.25, -0.2) is 15.8 Å². The number of rotatable bonds is 4. The summed E-state index contributed by atoms with van der Waals surface area (Å²) in [5.74, 6) is 7.59. The Bertz CT molecular complexity index is 578. The van der Waals surface area contributed by atoms with Gasteiger partial charge in [-0.05, 0) is 31.9 Å². The summed E-state index contributed by atoms with van der Waals surface area (Å²) in [7, 11) is 0. The fourth-order valence-electron chi connectivity index (χ4n) is 1.82. The van der Waals surface area contributed by atoms with Crippen molar-refractivity contribution in [3.63, 3.8) is 0 Å². The SMILES string of the molecule is Cc1ccc(Sc2cc(NN)nc(C3CC3)n2)cc1. The molecule has 0 spiro atoms. The smallest absolute Gasteiger partial charge is 0.144 e. The van der Waals surface area contributed by atoms with Gasteiger partial charge in [0.1, 0.15) is 16.7 Å². The monoisotopic (exact) mass is 272 g/mol. The molecule has 0 aliphatic heterocycles.